The zero-order valence-corrected chi connectivity index (χ0v) is 18.3. The van der Waals surface area contributed by atoms with Crippen LogP contribution in [0.15, 0.2) is 51.4 Å². The van der Waals surface area contributed by atoms with Crippen molar-refractivity contribution in [2.24, 2.45) is 0 Å². The Balaban J connectivity index is 1.92. The van der Waals surface area contributed by atoms with Crippen LogP contribution in [0.1, 0.15) is 44.6 Å². The molecule has 0 atom stereocenters. The molecule has 0 saturated heterocycles. The molecular formula is C23H25BrO4. The molecule has 0 amide bonds. The molecule has 0 N–H and O–H groups in total. The Morgan fingerprint density at radius 3 is 2.61 bits per heavy atom. The number of carbonyl (C=O) groups is 1. The molecule has 28 heavy (non-hydrogen) atoms. The van der Waals surface area contributed by atoms with Crippen LogP contribution in [0.4, 0.5) is 0 Å². The van der Waals surface area contributed by atoms with Gasteiger partial charge in [0.1, 0.15) is 23.7 Å². The molecule has 148 valence electrons. The largest absolute Gasteiger partial charge is 0.488 e. The monoisotopic (exact) mass is 444 g/mol. The van der Waals surface area contributed by atoms with Gasteiger partial charge in [-0.2, -0.15) is 0 Å². The van der Waals surface area contributed by atoms with E-state index in [-0.39, 0.29) is 17.8 Å². The first kappa shape index (κ1) is 20.5. The third kappa shape index (κ3) is 4.58. The lowest BCUT2D eigenvalue weighted by Gasteiger charge is -2.18. The smallest absolute Gasteiger partial charge is 0.310 e. The van der Waals surface area contributed by atoms with Crippen LogP contribution in [0.25, 0.3) is 11.0 Å². The number of halogens is 1. The van der Waals surface area contributed by atoms with E-state index in [1.807, 2.05) is 36.4 Å². The Kier molecular flexibility index (Phi) is 6.14. The molecule has 5 heteroatoms. The molecule has 4 nitrogen and oxygen atoms in total. The summed E-state index contributed by atoms with van der Waals surface area (Å²) in [5.41, 5.74) is 2.52. The summed E-state index contributed by atoms with van der Waals surface area (Å²) in [6.07, 6.45) is 0.188. The highest BCUT2D eigenvalue weighted by Crippen LogP contribution is 2.36. The fourth-order valence-electron chi connectivity index (χ4n) is 3.18. The second-order valence-corrected chi connectivity index (χ2v) is 8.59. The number of benzene rings is 2. The number of hydrogen-bond acceptors (Lipinski definition) is 4. The highest BCUT2D eigenvalue weighted by atomic mass is 79.9. The molecule has 2 aromatic carbocycles. The maximum Gasteiger partial charge on any atom is 0.310 e. The SMILES string of the molecule is CCOC(=O)Cc1ccccc1OCc1c(C(C)(C)C)oc2ccc(Br)cc12. The maximum atomic E-state index is 11.9. The lowest BCUT2D eigenvalue weighted by Crippen LogP contribution is -2.14. The van der Waals surface area contributed by atoms with E-state index in [0.717, 1.165) is 32.3 Å². The minimum absolute atomic E-state index is 0.158. The van der Waals surface area contributed by atoms with E-state index in [9.17, 15) is 4.79 Å². The van der Waals surface area contributed by atoms with E-state index in [1.54, 1.807) is 6.92 Å². The lowest BCUT2D eigenvalue weighted by molar-refractivity contribution is -0.142. The van der Waals surface area contributed by atoms with Gasteiger partial charge in [0.05, 0.1) is 13.0 Å². The van der Waals surface area contributed by atoms with Gasteiger partial charge in [-0.05, 0) is 31.2 Å². The van der Waals surface area contributed by atoms with Crippen LogP contribution in [0, 0.1) is 0 Å². The number of furan rings is 1. The van der Waals surface area contributed by atoms with Gasteiger partial charge in [0.15, 0.2) is 0 Å². The fraction of sp³-hybridized carbons (Fsp3) is 0.348. The van der Waals surface area contributed by atoms with E-state index < -0.39 is 0 Å². The Morgan fingerprint density at radius 1 is 1.14 bits per heavy atom. The Bertz CT molecular complexity index is 982. The molecule has 0 aliphatic carbocycles. The van der Waals surface area contributed by atoms with Crippen molar-refractivity contribution in [3.63, 3.8) is 0 Å². The zero-order valence-electron chi connectivity index (χ0n) is 16.7. The maximum absolute atomic E-state index is 11.9. The number of para-hydroxylation sites is 1. The standard InChI is InChI=1S/C23H25BrO4/c1-5-26-21(25)12-15-8-6-7-9-19(15)27-14-18-17-13-16(24)10-11-20(17)28-22(18)23(2,3)4/h6-11,13H,5,12,14H2,1-4H3. The fourth-order valence-corrected chi connectivity index (χ4v) is 3.54. The molecule has 0 spiro atoms. The molecule has 3 aromatic rings. The molecule has 0 fully saturated rings. The van der Waals surface area contributed by atoms with Gasteiger partial charge in [-0.25, -0.2) is 0 Å². The van der Waals surface area contributed by atoms with Crippen LogP contribution in [-0.4, -0.2) is 12.6 Å². The van der Waals surface area contributed by atoms with Crippen molar-refractivity contribution in [1.82, 2.24) is 0 Å². The first-order valence-electron chi connectivity index (χ1n) is 9.37. The predicted molar refractivity (Wildman–Crippen MR) is 114 cm³/mol. The van der Waals surface area contributed by atoms with Gasteiger partial charge in [0, 0.05) is 26.4 Å². The van der Waals surface area contributed by atoms with Crippen molar-refractivity contribution in [3.8, 4) is 5.75 Å². The van der Waals surface area contributed by atoms with Crippen molar-refractivity contribution < 1.29 is 18.7 Å². The van der Waals surface area contributed by atoms with E-state index in [1.165, 1.54) is 0 Å². The van der Waals surface area contributed by atoms with Crippen molar-refractivity contribution in [3.05, 3.63) is 63.8 Å². The Labute approximate surface area is 174 Å². The number of hydrogen-bond donors (Lipinski definition) is 0. The van der Waals surface area contributed by atoms with Crippen molar-refractivity contribution in [2.45, 2.75) is 46.1 Å². The summed E-state index contributed by atoms with van der Waals surface area (Å²) in [4.78, 5) is 11.9. The summed E-state index contributed by atoms with van der Waals surface area (Å²) in [6, 6.07) is 13.6. The first-order valence-corrected chi connectivity index (χ1v) is 10.2. The van der Waals surface area contributed by atoms with Gasteiger partial charge in [0.2, 0.25) is 0 Å². The van der Waals surface area contributed by atoms with Crippen LogP contribution in [-0.2, 0) is 28.0 Å². The number of ether oxygens (including phenoxy) is 2. The number of carbonyl (C=O) groups excluding carboxylic acids is 1. The van der Waals surface area contributed by atoms with Crippen molar-refractivity contribution >= 4 is 32.9 Å². The summed E-state index contributed by atoms with van der Waals surface area (Å²) in [6.45, 7) is 8.90. The molecule has 1 heterocycles. The van der Waals surface area contributed by atoms with E-state index in [0.29, 0.717) is 19.0 Å². The van der Waals surface area contributed by atoms with Crippen LogP contribution in [0.5, 0.6) is 5.75 Å². The molecule has 0 saturated carbocycles. The molecule has 0 aliphatic rings. The van der Waals surface area contributed by atoms with Gasteiger partial charge in [-0.1, -0.05) is 54.9 Å². The van der Waals surface area contributed by atoms with Crippen LogP contribution in [0.2, 0.25) is 0 Å². The normalized spacial score (nSPS) is 11.6. The number of fused-ring (bicyclic) bond motifs is 1. The van der Waals surface area contributed by atoms with Gasteiger partial charge in [-0.15, -0.1) is 0 Å². The number of esters is 1. The second kappa shape index (κ2) is 8.39. The third-order valence-corrected chi connectivity index (χ3v) is 4.91. The summed E-state index contributed by atoms with van der Waals surface area (Å²) in [5.74, 6) is 1.33. The highest BCUT2D eigenvalue weighted by molar-refractivity contribution is 9.10. The second-order valence-electron chi connectivity index (χ2n) is 7.68. The molecule has 1 aromatic heterocycles. The minimum Gasteiger partial charge on any atom is -0.488 e. The minimum atomic E-state index is -0.258. The summed E-state index contributed by atoms with van der Waals surface area (Å²) >= 11 is 3.54. The van der Waals surface area contributed by atoms with Crippen LogP contribution in [0.3, 0.4) is 0 Å². The quantitative estimate of drug-likeness (QED) is 0.426. The lowest BCUT2D eigenvalue weighted by atomic mass is 9.90. The van der Waals surface area contributed by atoms with Crippen molar-refractivity contribution in [1.29, 1.82) is 0 Å². The average molecular weight is 445 g/mol. The molecule has 0 bridgehead atoms. The first-order chi connectivity index (χ1) is 13.3. The summed E-state index contributed by atoms with van der Waals surface area (Å²) in [5, 5.41) is 1.03. The number of rotatable bonds is 6. The molecule has 0 aliphatic heterocycles. The highest BCUT2D eigenvalue weighted by Gasteiger charge is 2.26. The molecule has 0 unspecified atom stereocenters. The average Bonchev–Trinajstić information content (AvgIpc) is 2.99. The van der Waals surface area contributed by atoms with Crippen LogP contribution >= 0.6 is 15.9 Å². The Hall–Kier alpha value is -2.27. The zero-order chi connectivity index (χ0) is 20.3. The molecular weight excluding hydrogens is 420 g/mol. The van der Waals surface area contributed by atoms with Gasteiger partial charge in [-0.3, -0.25) is 4.79 Å². The van der Waals surface area contributed by atoms with E-state index >= 15 is 0 Å². The summed E-state index contributed by atoms with van der Waals surface area (Å²) in [7, 11) is 0. The summed E-state index contributed by atoms with van der Waals surface area (Å²) < 4.78 is 18.4. The Morgan fingerprint density at radius 2 is 1.89 bits per heavy atom. The predicted octanol–water partition coefficient (Wildman–Crippen LogP) is 6.18. The van der Waals surface area contributed by atoms with Crippen molar-refractivity contribution in [2.75, 3.05) is 6.61 Å². The van der Waals surface area contributed by atoms with E-state index in [4.69, 9.17) is 13.9 Å². The van der Waals surface area contributed by atoms with Gasteiger partial charge in [0.25, 0.3) is 0 Å². The van der Waals surface area contributed by atoms with E-state index in [2.05, 4.69) is 42.8 Å². The van der Waals surface area contributed by atoms with Gasteiger partial charge >= 0.3 is 5.97 Å². The molecule has 3 rings (SSSR count). The molecule has 0 radical (unpaired) electrons. The third-order valence-electron chi connectivity index (χ3n) is 4.42. The topological polar surface area (TPSA) is 48.7 Å². The van der Waals surface area contributed by atoms with Crippen LogP contribution < -0.4 is 4.74 Å². The van der Waals surface area contributed by atoms with Gasteiger partial charge < -0.3 is 13.9 Å².